The van der Waals surface area contributed by atoms with E-state index in [-0.39, 0.29) is 53.5 Å². The number of carbonyl (C=O) groups is 3. The van der Waals surface area contributed by atoms with Crippen LogP contribution in [0.15, 0.2) is 23.0 Å². The molecule has 2 aliphatic heterocycles. The summed E-state index contributed by atoms with van der Waals surface area (Å²) in [6, 6.07) is 2.37. The van der Waals surface area contributed by atoms with E-state index in [1.54, 1.807) is 0 Å². The van der Waals surface area contributed by atoms with Gasteiger partial charge in [-0.2, -0.15) is 5.26 Å². The number of carbonyl (C=O) groups excluding carboxylic acids is 3. The molecule has 5 fully saturated rings. The molecule has 53 heavy (non-hydrogen) atoms. The Bertz CT molecular complexity index is 1730. The number of ether oxygens (including phenoxy) is 5. The third kappa shape index (κ3) is 5.21. The fourth-order valence-corrected chi connectivity index (χ4v) is 12.9. The van der Waals surface area contributed by atoms with Gasteiger partial charge in [-0.05, 0) is 79.1 Å². The van der Waals surface area contributed by atoms with Crippen molar-refractivity contribution in [3.63, 3.8) is 0 Å². The molecule has 290 valence electrons. The zero-order chi connectivity index (χ0) is 38.7. The van der Waals surface area contributed by atoms with E-state index in [1.165, 1.54) is 14.0 Å². The van der Waals surface area contributed by atoms with E-state index in [4.69, 9.17) is 28.5 Å². The smallest absolute Gasteiger partial charge is 0.312 e. The maximum Gasteiger partial charge on any atom is 0.312 e. The predicted molar refractivity (Wildman–Crippen MR) is 187 cm³/mol. The number of hydrogen-bond donors (Lipinski definition) is 0. The van der Waals surface area contributed by atoms with Crippen molar-refractivity contribution in [2.75, 3.05) is 20.3 Å². The Morgan fingerprint density at radius 3 is 2.25 bits per heavy atom. The van der Waals surface area contributed by atoms with Gasteiger partial charge in [-0.3, -0.25) is 14.4 Å². The molecule has 0 radical (unpaired) electrons. The molecule has 0 amide bonds. The van der Waals surface area contributed by atoms with E-state index in [1.807, 2.05) is 19.9 Å². The van der Waals surface area contributed by atoms with E-state index in [0.29, 0.717) is 25.7 Å². The lowest BCUT2D eigenvalue weighted by atomic mass is 9.33. The molecule has 5 aliphatic carbocycles. The van der Waals surface area contributed by atoms with Crippen LogP contribution < -0.4 is 0 Å². The quantitative estimate of drug-likeness (QED) is 0.182. The summed E-state index contributed by atoms with van der Waals surface area (Å²) in [6.45, 7) is 16.3. The molecule has 3 saturated carbocycles. The molecular weight excluding hydrogens is 684 g/mol. The molecular formula is C40H54N2O11. The van der Waals surface area contributed by atoms with E-state index in [9.17, 15) is 25.0 Å². The van der Waals surface area contributed by atoms with Crippen molar-refractivity contribution in [3.8, 4) is 6.07 Å². The van der Waals surface area contributed by atoms with Crippen molar-refractivity contribution in [2.45, 2.75) is 131 Å². The van der Waals surface area contributed by atoms with Crippen molar-refractivity contribution in [1.82, 2.24) is 0 Å². The highest BCUT2D eigenvalue weighted by atomic mass is 17.0. The first kappa shape index (κ1) is 38.0. The fourth-order valence-electron chi connectivity index (χ4n) is 12.9. The van der Waals surface area contributed by atoms with Crippen LogP contribution in [0.1, 0.15) is 100 Å². The van der Waals surface area contributed by atoms with Crippen LogP contribution in [0, 0.1) is 71.7 Å². The summed E-state index contributed by atoms with van der Waals surface area (Å²) in [4.78, 5) is 57.5. The van der Waals surface area contributed by atoms with Gasteiger partial charge in [-0.1, -0.05) is 54.0 Å². The summed E-state index contributed by atoms with van der Waals surface area (Å²) < 4.78 is 30.4. The van der Waals surface area contributed by atoms with Gasteiger partial charge in [0.1, 0.15) is 36.2 Å². The molecule has 0 aromatic carbocycles. The Kier molecular flexibility index (Phi) is 8.83. The summed E-state index contributed by atoms with van der Waals surface area (Å²) in [5.74, 6) is -1.35. The first-order chi connectivity index (χ1) is 24.7. The molecule has 12 atom stereocenters. The van der Waals surface area contributed by atoms with Crippen LogP contribution in [0.2, 0.25) is 0 Å². The van der Waals surface area contributed by atoms with Gasteiger partial charge < -0.3 is 28.5 Å². The monoisotopic (exact) mass is 738 g/mol. The van der Waals surface area contributed by atoms with Crippen molar-refractivity contribution in [3.05, 3.63) is 33.1 Å². The zero-order valence-corrected chi connectivity index (χ0v) is 32.4. The Morgan fingerprint density at radius 1 is 0.981 bits per heavy atom. The molecule has 13 heteroatoms. The number of methoxy groups -OCH3 is 1. The number of nitrogens with zero attached hydrogens (tertiary/aromatic N) is 2. The lowest BCUT2D eigenvalue weighted by Crippen LogP contribution is -2.67. The summed E-state index contributed by atoms with van der Waals surface area (Å²) in [5.41, 5.74) is -2.50. The second-order valence-electron chi connectivity index (χ2n) is 18.9. The molecule has 0 spiro atoms. The van der Waals surface area contributed by atoms with Crippen LogP contribution in [-0.2, 0) is 42.9 Å². The number of rotatable bonds is 6. The minimum absolute atomic E-state index is 0.00878. The van der Waals surface area contributed by atoms with Crippen molar-refractivity contribution in [1.29, 1.82) is 5.26 Å². The topological polar surface area (TPSA) is 174 Å². The highest BCUT2D eigenvalue weighted by Gasteiger charge is 2.73. The molecule has 7 rings (SSSR count). The van der Waals surface area contributed by atoms with E-state index < -0.39 is 74.6 Å². The summed E-state index contributed by atoms with van der Waals surface area (Å²) in [5, 5.41) is 21.3. The molecule has 1 unspecified atom stereocenters. The lowest BCUT2D eigenvalue weighted by Gasteiger charge is -2.70. The molecule has 0 aromatic rings. The lowest BCUT2D eigenvalue weighted by molar-refractivity contribution is -0.769. The van der Waals surface area contributed by atoms with Gasteiger partial charge in [0.15, 0.2) is 11.9 Å². The SMILES string of the molecule is COC(=O)[C@]12CCC(C)(C)C[C@H]1[C@H]1C(=O)C=C3[C@@]4(C)C(O[C@@H]5CO[C@H]6[C@@H]5OC[C@H]6O[N+](=O)[O-])C(C#N)=C(OC(C)=O)C(C)(C)[C@@H]4CC[C@@]3(C)[C@]1(C)CC2. The molecule has 0 N–H and O–H groups in total. The summed E-state index contributed by atoms with van der Waals surface area (Å²) in [6.07, 6.45) is 2.76. The van der Waals surface area contributed by atoms with E-state index in [0.717, 1.165) is 24.8 Å². The van der Waals surface area contributed by atoms with Gasteiger partial charge in [0.2, 0.25) is 0 Å². The number of nitriles is 1. The van der Waals surface area contributed by atoms with Crippen LogP contribution in [0.25, 0.3) is 0 Å². The number of ketones is 1. The average molecular weight is 739 g/mol. The van der Waals surface area contributed by atoms with Gasteiger partial charge >= 0.3 is 11.9 Å². The van der Waals surface area contributed by atoms with Crippen molar-refractivity contribution >= 4 is 17.7 Å². The van der Waals surface area contributed by atoms with E-state index in [2.05, 4.69) is 40.7 Å². The molecule has 0 bridgehead atoms. The fraction of sp³-hybridized carbons (Fsp3) is 0.800. The van der Waals surface area contributed by atoms with Crippen molar-refractivity contribution in [2.24, 2.45) is 50.2 Å². The zero-order valence-electron chi connectivity index (χ0n) is 32.4. The molecule has 13 nitrogen and oxygen atoms in total. The van der Waals surface area contributed by atoms with Gasteiger partial charge in [0.05, 0.1) is 31.3 Å². The van der Waals surface area contributed by atoms with E-state index >= 15 is 4.79 Å². The second kappa shape index (κ2) is 12.3. The molecule has 7 aliphatic rings. The summed E-state index contributed by atoms with van der Waals surface area (Å²) in [7, 11) is 1.45. The van der Waals surface area contributed by atoms with Gasteiger partial charge in [-0.15, -0.1) is 10.1 Å². The normalized spacial score (nSPS) is 44.9. The van der Waals surface area contributed by atoms with Crippen molar-refractivity contribution < 1.29 is 48.0 Å². The molecule has 0 aromatic heterocycles. The number of fused-ring (bicyclic) bond motifs is 8. The summed E-state index contributed by atoms with van der Waals surface area (Å²) >= 11 is 0. The minimum atomic E-state index is -0.975. The third-order valence-corrected chi connectivity index (χ3v) is 15.6. The van der Waals surface area contributed by atoms with Crippen LogP contribution >= 0.6 is 0 Å². The maximum atomic E-state index is 15.1. The highest BCUT2D eigenvalue weighted by molar-refractivity contribution is 5.96. The number of hydrogen-bond acceptors (Lipinski definition) is 12. The number of allylic oxidation sites excluding steroid dienone is 2. The van der Waals surface area contributed by atoms with Crippen LogP contribution in [-0.4, -0.2) is 73.7 Å². The Morgan fingerprint density at radius 2 is 1.62 bits per heavy atom. The Hall–Kier alpha value is -3.34. The predicted octanol–water partition coefficient (Wildman–Crippen LogP) is 5.83. The van der Waals surface area contributed by atoms with Crippen LogP contribution in [0.3, 0.4) is 0 Å². The van der Waals surface area contributed by atoms with Crippen LogP contribution in [0.4, 0.5) is 0 Å². The Labute approximate surface area is 311 Å². The highest BCUT2D eigenvalue weighted by Crippen LogP contribution is 2.76. The standard InChI is InChI=1S/C40H54N2O11/c1-21(43)51-32-22(18-41)33(52-25-19-49-31-26(53-42(46)47)20-50-30(25)31)39(8)27(36(32,4)5)10-11-37(6)28(39)16-24(44)29-23-17-35(2,3)12-14-40(23,34(45)48-9)15-13-38(29,37)7/h16,23,25-27,29-31,33H,10-15,17,19-20H2,1-9H3/t23-,25+,26+,27-,29-,30+,31+,33?,37+,38+,39-,40-/m0/s1. The average Bonchev–Trinajstić information content (AvgIpc) is 3.66. The second-order valence-corrected chi connectivity index (χ2v) is 18.9. The molecule has 2 heterocycles. The van der Waals surface area contributed by atoms with Gasteiger partial charge in [0.25, 0.3) is 5.09 Å². The van der Waals surface area contributed by atoms with Gasteiger partial charge in [0, 0.05) is 23.7 Å². The first-order valence-electron chi connectivity index (χ1n) is 19.1. The van der Waals surface area contributed by atoms with Crippen LogP contribution in [0.5, 0.6) is 0 Å². The van der Waals surface area contributed by atoms with Gasteiger partial charge in [-0.25, -0.2) is 0 Å². The first-order valence-corrected chi connectivity index (χ1v) is 19.1. The maximum absolute atomic E-state index is 15.1. The Balaban J connectivity index is 1.37. The number of esters is 2. The molecule has 2 saturated heterocycles. The minimum Gasteiger partial charge on any atom is -0.469 e. The largest absolute Gasteiger partial charge is 0.469 e. The third-order valence-electron chi connectivity index (χ3n) is 15.6.